The van der Waals surface area contributed by atoms with Crippen LogP contribution in [-0.2, 0) is 13.0 Å². The summed E-state index contributed by atoms with van der Waals surface area (Å²) in [5, 5.41) is 10.6. The fourth-order valence-electron chi connectivity index (χ4n) is 3.70. The fraction of sp³-hybridized carbons (Fsp3) is 0.400. The zero-order valence-corrected chi connectivity index (χ0v) is 14.7. The Labute approximate surface area is 153 Å². The van der Waals surface area contributed by atoms with Crippen molar-refractivity contribution in [3.63, 3.8) is 0 Å². The van der Waals surface area contributed by atoms with Gasteiger partial charge in [-0.2, -0.15) is 0 Å². The average Bonchev–Trinajstić information content (AvgIpc) is 2.81. The highest BCUT2D eigenvalue weighted by molar-refractivity contribution is 5.97. The Bertz CT molecular complexity index is 795. The maximum absolute atomic E-state index is 12.7. The van der Waals surface area contributed by atoms with Crippen LogP contribution < -0.4 is 4.74 Å². The van der Waals surface area contributed by atoms with E-state index in [9.17, 15) is 9.90 Å². The van der Waals surface area contributed by atoms with E-state index >= 15 is 0 Å². The standard InChI is InChI=1S/C20H23N3O3/c24-17(13-22-8-6-15-3-1-2-4-16(15)12-22)14-23-9-10-26-19-11-21-7-5-18(19)20(23)25/h1-5,7,11,17,24H,6,8-10,12-14H2. The second-order valence-corrected chi connectivity index (χ2v) is 6.88. The number of carbonyl (C=O) groups excluding carboxylic acids is 1. The van der Waals surface area contributed by atoms with Crippen LogP contribution in [0.25, 0.3) is 0 Å². The van der Waals surface area contributed by atoms with Crippen molar-refractivity contribution in [1.82, 2.24) is 14.8 Å². The van der Waals surface area contributed by atoms with Crippen LogP contribution in [0.2, 0.25) is 0 Å². The molecule has 2 aromatic rings. The maximum atomic E-state index is 12.7. The average molecular weight is 353 g/mol. The van der Waals surface area contributed by atoms with Gasteiger partial charge in [-0.1, -0.05) is 24.3 Å². The minimum Gasteiger partial charge on any atom is -0.489 e. The van der Waals surface area contributed by atoms with Gasteiger partial charge in [0, 0.05) is 32.4 Å². The topological polar surface area (TPSA) is 65.9 Å². The number of fused-ring (bicyclic) bond motifs is 2. The summed E-state index contributed by atoms with van der Waals surface area (Å²) in [6, 6.07) is 10.1. The molecular weight excluding hydrogens is 330 g/mol. The SMILES string of the molecule is O=C1c2ccncc2OCCN1CC(O)CN1CCc2ccccc2C1. The van der Waals surface area contributed by atoms with E-state index in [2.05, 4.69) is 34.1 Å². The summed E-state index contributed by atoms with van der Waals surface area (Å²) in [7, 11) is 0. The summed E-state index contributed by atoms with van der Waals surface area (Å²) in [4.78, 5) is 20.7. The molecule has 136 valence electrons. The molecule has 0 radical (unpaired) electrons. The number of benzene rings is 1. The van der Waals surface area contributed by atoms with Gasteiger partial charge in [-0.05, 0) is 23.6 Å². The molecule has 6 heteroatoms. The summed E-state index contributed by atoms with van der Waals surface area (Å²) in [6.45, 7) is 3.52. The molecule has 26 heavy (non-hydrogen) atoms. The van der Waals surface area contributed by atoms with Gasteiger partial charge >= 0.3 is 0 Å². The Morgan fingerprint density at radius 3 is 2.88 bits per heavy atom. The van der Waals surface area contributed by atoms with Crippen molar-refractivity contribution in [2.45, 2.75) is 19.1 Å². The van der Waals surface area contributed by atoms with Crippen molar-refractivity contribution in [2.24, 2.45) is 0 Å². The molecule has 4 rings (SSSR count). The normalized spacial score (nSPS) is 18.5. The van der Waals surface area contributed by atoms with E-state index in [0.29, 0.717) is 37.6 Å². The number of pyridine rings is 1. The van der Waals surface area contributed by atoms with Gasteiger partial charge in [-0.25, -0.2) is 0 Å². The van der Waals surface area contributed by atoms with Gasteiger partial charge in [0.2, 0.25) is 0 Å². The molecule has 0 saturated heterocycles. The lowest BCUT2D eigenvalue weighted by Crippen LogP contribution is -2.44. The predicted molar refractivity (Wildman–Crippen MR) is 97.1 cm³/mol. The minimum absolute atomic E-state index is 0.108. The smallest absolute Gasteiger partial charge is 0.257 e. The first-order chi connectivity index (χ1) is 12.7. The van der Waals surface area contributed by atoms with E-state index in [1.165, 1.54) is 11.1 Å². The second-order valence-electron chi connectivity index (χ2n) is 6.88. The number of hydrogen-bond acceptors (Lipinski definition) is 5. The van der Waals surface area contributed by atoms with E-state index in [-0.39, 0.29) is 5.91 Å². The van der Waals surface area contributed by atoms with Gasteiger partial charge in [-0.15, -0.1) is 0 Å². The Balaban J connectivity index is 1.38. The highest BCUT2D eigenvalue weighted by Crippen LogP contribution is 2.22. The highest BCUT2D eigenvalue weighted by atomic mass is 16.5. The molecule has 1 aromatic carbocycles. The quantitative estimate of drug-likeness (QED) is 0.898. The van der Waals surface area contributed by atoms with Crippen LogP contribution in [-0.4, -0.2) is 64.7 Å². The van der Waals surface area contributed by atoms with Crippen molar-refractivity contribution in [3.05, 3.63) is 59.4 Å². The second kappa shape index (κ2) is 7.43. The molecule has 2 aliphatic heterocycles. The van der Waals surface area contributed by atoms with Crippen molar-refractivity contribution in [1.29, 1.82) is 0 Å². The number of amides is 1. The van der Waals surface area contributed by atoms with Crippen LogP contribution in [0.15, 0.2) is 42.7 Å². The summed E-state index contributed by atoms with van der Waals surface area (Å²) < 4.78 is 5.60. The Morgan fingerprint density at radius 2 is 2.00 bits per heavy atom. The monoisotopic (exact) mass is 353 g/mol. The van der Waals surface area contributed by atoms with Crippen molar-refractivity contribution in [2.75, 3.05) is 32.8 Å². The van der Waals surface area contributed by atoms with Gasteiger partial charge < -0.3 is 14.7 Å². The van der Waals surface area contributed by atoms with Crippen molar-refractivity contribution >= 4 is 5.91 Å². The first-order valence-corrected chi connectivity index (χ1v) is 9.04. The van der Waals surface area contributed by atoms with Gasteiger partial charge in [0.25, 0.3) is 5.91 Å². The fourth-order valence-corrected chi connectivity index (χ4v) is 3.70. The number of hydrogen-bond donors (Lipinski definition) is 1. The molecule has 2 aliphatic rings. The van der Waals surface area contributed by atoms with Crippen molar-refractivity contribution < 1.29 is 14.6 Å². The molecule has 1 aromatic heterocycles. The van der Waals surface area contributed by atoms with Gasteiger partial charge in [0.05, 0.1) is 24.4 Å². The summed E-state index contributed by atoms with van der Waals surface area (Å²) in [6.07, 6.45) is 3.57. The number of rotatable bonds is 4. The lowest BCUT2D eigenvalue weighted by atomic mass is 10.00. The molecule has 6 nitrogen and oxygen atoms in total. The molecular formula is C20H23N3O3. The van der Waals surface area contributed by atoms with Gasteiger partial charge in [0.15, 0.2) is 0 Å². The zero-order valence-electron chi connectivity index (χ0n) is 14.7. The Kier molecular flexibility index (Phi) is 4.86. The summed E-state index contributed by atoms with van der Waals surface area (Å²) in [5.74, 6) is 0.407. The Hall–Kier alpha value is -2.44. The molecule has 0 aliphatic carbocycles. The molecule has 3 heterocycles. The third kappa shape index (κ3) is 3.57. The summed E-state index contributed by atoms with van der Waals surface area (Å²) >= 11 is 0. The van der Waals surface area contributed by atoms with Gasteiger partial charge in [-0.3, -0.25) is 14.7 Å². The number of carbonyl (C=O) groups is 1. The number of aliphatic hydroxyl groups is 1. The summed E-state index contributed by atoms with van der Waals surface area (Å²) in [5.41, 5.74) is 3.23. The molecule has 0 bridgehead atoms. The van der Waals surface area contributed by atoms with E-state index < -0.39 is 6.10 Å². The first-order valence-electron chi connectivity index (χ1n) is 9.04. The molecule has 0 spiro atoms. The number of nitrogens with zero attached hydrogens (tertiary/aromatic N) is 3. The van der Waals surface area contributed by atoms with E-state index in [0.717, 1.165) is 19.5 Å². The van der Waals surface area contributed by atoms with Crippen LogP contribution in [0.5, 0.6) is 5.75 Å². The van der Waals surface area contributed by atoms with Crippen LogP contribution in [0, 0.1) is 0 Å². The lowest BCUT2D eigenvalue weighted by Gasteiger charge is -2.32. The maximum Gasteiger partial charge on any atom is 0.257 e. The number of aromatic nitrogens is 1. The van der Waals surface area contributed by atoms with E-state index in [1.54, 1.807) is 23.4 Å². The van der Waals surface area contributed by atoms with Crippen LogP contribution >= 0.6 is 0 Å². The predicted octanol–water partition coefficient (Wildman–Crippen LogP) is 1.34. The molecule has 0 fully saturated rings. The molecule has 0 saturated carbocycles. The largest absolute Gasteiger partial charge is 0.489 e. The van der Waals surface area contributed by atoms with Crippen LogP contribution in [0.4, 0.5) is 0 Å². The van der Waals surface area contributed by atoms with E-state index in [4.69, 9.17) is 4.74 Å². The minimum atomic E-state index is -0.590. The third-order valence-corrected chi connectivity index (χ3v) is 5.03. The van der Waals surface area contributed by atoms with Crippen LogP contribution in [0.3, 0.4) is 0 Å². The van der Waals surface area contributed by atoms with E-state index in [1.807, 2.05) is 0 Å². The molecule has 1 atom stereocenters. The molecule has 1 amide bonds. The third-order valence-electron chi connectivity index (χ3n) is 5.03. The molecule has 1 unspecified atom stereocenters. The highest BCUT2D eigenvalue weighted by Gasteiger charge is 2.26. The van der Waals surface area contributed by atoms with Crippen molar-refractivity contribution in [3.8, 4) is 5.75 Å². The zero-order chi connectivity index (χ0) is 17.9. The number of aliphatic hydroxyl groups excluding tert-OH is 1. The first kappa shape index (κ1) is 17.0. The van der Waals surface area contributed by atoms with Crippen LogP contribution in [0.1, 0.15) is 21.5 Å². The lowest BCUT2D eigenvalue weighted by molar-refractivity contribution is 0.0501. The number of ether oxygens (including phenoxy) is 1. The Morgan fingerprint density at radius 1 is 1.15 bits per heavy atom. The molecule has 1 N–H and O–H groups in total. The van der Waals surface area contributed by atoms with Gasteiger partial charge in [0.1, 0.15) is 12.4 Å². The number of β-amino-alcohol motifs (C(OH)–C–C–N with tert-alkyl or cyclic N) is 1.